The molecule has 0 saturated heterocycles. The van der Waals surface area contributed by atoms with Crippen molar-refractivity contribution < 1.29 is 22.0 Å². The molecule has 1 amide bonds. The molecule has 2 rings (SSSR count). The number of benzene rings is 2. The summed E-state index contributed by atoms with van der Waals surface area (Å²) in [6.07, 6.45) is 0.737. The van der Waals surface area contributed by atoms with Crippen molar-refractivity contribution in [3.8, 4) is 0 Å². The third-order valence-electron chi connectivity index (χ3n) is 3.50. The number of carbonyl (C=O) groups is 1. The molecule has 0 aliphatic rings. The van der Waals surface area contributed by atoms with Gasteiger partial charge in [-0.05, 0) is 42.5 Å². The van der Waals surface area contributed by atoms with Crippen LogP contribution in [0.2, 0.25) is 0 Å². The Kier molecular flexibility index (Phi) is 8.21. The summed E-state index contributed by atoms with van der Waals surface area (Å²) < 4.78 is 52.2. The average Bonchev–Trinajstić information content (AvgIpc) is 2.64. The molecule has 2 N–H and O–H groups in total. The lowest BCUT2D eigenvalue weighted by Crippen LogP contribution is -2.31. The number of thioether (sulfide) groups is 1. The van der Waals surface area contributed by atoms with E-state index in [1.807, 2.05) is 30.3 Å². The molecule has 0 atom stereocenters. The molecule has 0 unspecified atom stereocenters. The minimum absolute atomic E-state index is 0.0469. The zero-order valence-corrected chi connectivity index (χ0v) is 16.1. The van der Waals surface area contributed by atoms with E-state index >= 15 is 0 Å². The summed E-state index contributed by atoms with van der Waals surface area (Å²) in [4.78, 5) is 12.5. The first-order chi connectivity index (χ1) is 12.9. The van der Waals surface area contributed by atoms with Gasteiger partial charge in [-0.15, -0.1) is 11.8 Å². The van der Waals surface area contributed by atoms with Gasteiger partial charge in [0.05, 0.1) is 4.90 Å². The molecular weight excluding hydrogens is 394 g/mol. The molecule has 0 fully saturated rings. The van der Waals surface area contributed by atoms with Crippen molar-refractivity contribution in [2.75, 3.05) is 18.8 Å². The zero-order valence-electron chi connectivity index (χ0n) is 14.5. The monoisotopic (exact) mass is 414 g/mol. The van der Waals surface area contributed by atoms with Crippen molar-refractivity contribution in [2.45, 2.75) is 22.6 Å². The van der Waals surface area contributed by atoms with E-state index in [2.05, 4.69) is 10.0 Å². The van der Waals surface area contributed by atoms with E-state index in [-0.39, 0.29) is 23.8 Å². The quantitative estimate of drug-likeness (QED) is 0.463. The van der Waals surface area contributed by atoms with Gasteiger partial charge in [0.1, 0.15) is 0 Å². The summed E-state index contributed by atoms with van der Waals surface area (Å²) in [6.45, 7) is 0.362. The van der Waals surface area contributed by atoms with Gasteiger partial charge in [-0.2, -0.15) is 0 Å². The molecule has 0 saturated carbocycles. The number of sulfonamides is 1. The van der Waals surface area contributed by atoms with Crippen LogP contribution in [0.4, 0.5) is 8.78 Å². The second-order valence-corrected chi connectivity index (χ2v) is 8.52. The van der Waals surface area contributed by atoms with E-state index in [0.29, 0.717) is 12.6 Å². The Bertz CT molecular complexity index is 862. The molecule has 0 aromatic heterocycles. The predicted molar refractivity (Wildman–Crippen MR) is 101 cm³/mol. The van der Waals surface area contributed by atoms with Crippen LogP contribution in [-0.2, 0) is 14.8 Å². The number of hydrogen-bond donors (Lipinski definition) is 2. The molecule has 27 heavy (non-hydrogen) atoms. The van der Waals surface area contributed by atoms with E-state index in [9.17, 15) is 22.0 Å². The number of carbonyl (C=O) groups excluding carboxylic acids is 1. The number of amides is 1. The van der Waals surface area contributed by atoms with Crippen LogP contribution in [0.5, 0.6) is 0 Å². The van der Waals surface area contributed by atoms with Gasteiger partial charge in [0.15, 0.2) is 11.6 Å². The van der Waals surface area contributed by atoms with Crippen molar-refractivity contribution in [1.29, 1.82) is 0 Å². The SMILES string of the molecule is O=C(CCNS(=O)(=O)c1ccc(F)c(F)c1)NCCCSc1ccccc1. The first-order valence-electron chi connectivity index (χ1n) is 8.28. The van der Waals surface area contributed by atoms with Gasteiger partial charge in [-0.3, -0.25) is 4.79 Å². The maximum Gasteiger partial charge on any atom is 0.240 e. The Morgan fingerprint density at radius 2 is 1.74 bits per heavy atom. The van der Waals surface area contributed by atoms with Crippen molar-refractivity contribution in [2.24, 2.45) is 0 Å². The van der Waals surface area contributed by atoms with Crippen LogP contribution in [0.15, 0.2) is 58.3 Å². The van der Waals surface area contributed by atoms with Crippen molar-refractivity contribution in [3.05, 3.63) is 60.2 Å². The maximum absolute atomic E-state index is 13.1. The first kappa shape index (κ1) is 21.3. The highest BCUT2D eigenvalue weighted by Gasteiger charge is 2.16. The summed E-state index contributed by atoms with van der Waals surface area (Å²) >= 11 is 1.69. The number of rotatable bonds is 10. The maximum atomic E-state index is 13.1. The van der Waals surface area contributed by atoms with E-state index in [1.54, 1.807) is 11.8 Å². The highest BCUT2D eigenvalue weighted by atomic mass is 32.2. The summed E-state index contributed by atoms with van der Waals surface area (Å²) in [6, 6.07) is 12.2. The molecule has 146 valence electrons. The lowest BCUT2D eigenvalue weighted by Gasteiger charge is -2.08. The molecule has 0 aliphatic carbocycles. The second kappa shape index (κ2) is 10.4. The van der Waals surface area contributed by atoms with Crippen molar-refractivity contribution in [1.82, 2.24) is 10.0 Å². The van der Waals surface area contributed by atoms with Gasteiger partial charge in [-0.1, -0.05) is 18.2 Å². The Balaban J connectivity index is 1.64. The van der Waals surface area contributed by atoms with Gasteiger partial charge in [0.2, 0.25) is 15.9 Å². The minimum Gasteiger partial charge on any atom is -0.356 e. The van der Waals surface area contributed by atoms with E-state index in [4.69, 9.17) is 0 Å². The number of hydrogen-bond acceptors (Lipinski definition) is 4. The fourth-order valence-corrected chi connectivity index (χ4v) is 4.04. The predicted octanol–water partition coefficient (Wildman–Crippen LogP) is 2.93. The van der Waals surface area contributed by atoms with Crippen molar-refractivity contribution in [3.63, 3.8) is 0 Å². The second-order valence-electron chi connectivity index (χ2n) is 5.59. The highest BCUT2D eigenvalue weighted by Crippen LogP contribution is 2.17. The van der Waals surface area contributed by atoms with Crippen LogP contribution in [0, 0.1) is 11.6 Å². The van der Waals surface area contributed by atoms with Crippen LogP contribution < -0.4 is 10.0 Å². The Hall–Kier alpha value is -1.97. The zero-order chi connectivity index (χ0) is 19.7. The average molecular weight is 414 g/mol. The lowest BCUT2D eigenvalue weighted by molar-refractivity contribution is -0.120. The Morgan fingerprint density at radius 1 is 1.00 bits per heavy atom. The number of nitrogens with one attached hydrogen (secondary N) is 2. The summed E-state index contributed by atoms with van der Waals surface area (Å²) in [5.41, 5.74) is 0. The normalized spacial score (nSPS) is 11.3. The molecule has 0 heterocycles. The molecule has 0 bridgehead atoms. The highest BCUT2D eigenvalue weighted by molar-refractivity contribution is 7.99. The topological polar surface area (TPSA) is 75.3 Å². The summed E-state index contributed by atoms with van der Waals surface area (Å²) in [5.74, 6) is -1.80. The summed E-state index contributed by atoms with van der Waals surface area (Å²) in [7, 11) is -3.99. The smallest absolute Gasteiger partial charge is 0.240 e. The van der Waals surface area contributed by atoms with Crippen LogP contribution in [-0.4, -0.2) is 33.2 Å². The lowest BCUT2D eigenvalue weighted by atomic mass is 10.3. The standard InChI is InChI=1S/C18H20F2N2O3S2/c19-16-8-7-15(13-17(16)20)27(24,25)22-11-9-18(23)21-10-4-12-26-14-5-2-1-3-6-14/h1-3,5-8,13,22H,4,9-12H2,(H,21,23). The van der Waals surface area contributed by atoms with Gasteiger partial charge >= 0.3 is 0 Å². The summed E-state index contributed by atoms with van der Waals surface area (Å²) in [5, 5.41) is 2.71. The Labute approximate surface area is 161 Å². The minimum atomic E-state index is -3.99. The van der Waals surface area contributed by atoms with Crippen LogP contribution >= 0.6 is 11.8 Å². The fraction of sp³-hybridized carbons (Fsp3) is 0.278. The first-order valence-corrected chi connectivity index (χ1v) is 10.7. The fourth-order valence-electron chi connectivity index (χ4n) is 2.12. The van der Waals surface area contributed by atoms with Crippen LogP contribution in [0.25, 0.3) is 0 Å². The van der Waals surface area contributed by atoms with Crippen LogP contribution in [0.3, 0.4) is 0 Å². The van der Waals surface area contributed by atoms with Gasteiger partial charge in [0, 0.05) is 24.4 Å². The van der Waals surface area contributed by atoms with Crippen molar-refractivity contribution >= 4 is 27.7 Å². The molecular formula is C18H20F2N2O3S2. The Morgan fingerprint density at radius 3 is 2.44 bits per heavy atom. The molecule has 0 radical (unpaired) electrons. The van der Waals surface area contributed by atoms with Gasteiger partial charge in [-0.25, -0.2) is 21.9 Å². The molecule has 2 aromatic rings. The van der Waals surface area contributed by atoms with Gasteiger partial charge in [0.25, 0.3) is 0 Å². The van der Waals surface area contributed by atoms with E-state index in [1.165, 1.54) is 0 Å². The third-order valence-corrected chi connectivity index (χ3v) is 6.06. The number of halogens is 2. The van der Waals surface area contributed by atoms with E-state index < -0.39 is 21.7 Å². The largest absolute Gasteiger partial charge is 0.356 e. The third kappa shape index (κ3) is 7.28. The molecule has 9 heteroatoms. The molecule has 0 spiro atoms. The van der Waals surface area contributed by atoms with Gasteiger partial charge < -0.3 is 5.32 Å². The molecule has 0 aliphatic heterocycles. The molecule has 2 aromatic carbocycles. The molecule has 5 nitrogen and oxygen atoms in total. The van der Waals surface area contributed by atoms with Crippen LogP contribution in [0.1, 0.15) is 12.8 Å². The van der Waals surface area contributed by atoms with E-state index in [0.717, 1.165) is 29.2 Å².